The maximum atomic E-state index is 12.3. The van der Waals surface area contributed by atoms with E-state index < -0.39 is 0 Å². The van der Waals surface area contributed by atoms with Crippen molar-refractivity contribution in [1.82, 2.24) is 10.2 Å². The number of nitrogens with zero attached hydrogens (tertiary/aromatic N) is 1. The summed E-state index contributed by atoms with van der Waals surface area (Å²) in [6.07, 6.45) is 1.98. The van der Waals surface area contributed by atoms with Crippen LogP contribution in [0.15, 0.2) is 18.2 Å². The Morgan fingerprint density at radius 1 is 1.47 bits per heavy atom. The van der Waals surface area contributed by atoms with Crippen LogP contribution in [0.5, 0.6) is 0 Å². The minimum Gasteiger partial charge on any atom is -0.399 e. The van der Waals surface area contributed by atoms with Gasteiger partial charge in [-0.1, -0.05) is 6.07 Å². The SMILES string of the molecule is CNC(=O)CCCN1CCc2ccc(N)cc2C1=O. The average Bonchev–Trinajstić information content (AvgIpc) is 2.41. The number of hydrogen-bond acceptors (Lipinski definition) is 3. The summed E-state index contributed by atoms with van der Waals surface area (Å²) in [4.78, 5) is 25.2. The lowest BCUT2D eigenvalue weighted by molar-refractivity contribution is -0.120. The second kappa shape index (κ2) is 5.73. The van der Waals surface area contributed by atoms with Gasteiger partial charge in [0.25, 0.3) is 5.91 Å². The molecule has 0 bridgehead atoms. The third-order valence-electron chi connectivity index (χ3n) is 3.41. The summed E-state index contributed by atoms with van der Waals surface area (Å²) in [5.74, 6) is 0.0274. The molecule has 1 heterocycles. The van der Waals surface area contributed by atoms with Crippen LogP contribution >= 0.6 is 0 Å². The molecule has 0 aliphatic carbocycles. The number of anilines is 1. The van der Waals surface area contributed by atoms with Gasteiger partial charge in [-0.25, -0.2) is 0 Å². The predicted octanol–water partition coefficient (Wildman–Crippen LogP) is 0.793. The van der Waals surface area contributed by atoms with Crippen LogP contribution in [-0.2, 0) is 11.2 Å². The molecule has 2 rings (SSSR count). The van der Waals surface area contributed by atoms with Gasteiger partial charge in [0.05, 0.1) is 0 Å². The number of fused-ring (bicyclic) bond motifs is 1. The van der Waals surface area contributed by atoms with Crippen molar-refractivity contribution < 1.29 is 9.59 Å². The molecule has 1 aliphatic heterocycles. The molecule has 0 radical (unpaired) electrons. The number of carbonyl (C=O) groups excluding carboxylic acids is 2. The topological polar surface area (TPSA) is 75.4 Å². The van der Waals surface area contributed by atoms with Gasteiger partial charge in [0.15, 0.2) is 0 Å². The molecule has 3 N–H and O–H groups in total. The maximum absolute atomic E-state index is 12.3. The minimum absolute atomic E-state index is 0.00843. The van der Waals surface area contributed by atoms with Gasteiger partial charge < -0.3 is 16.0 Å². The highest BCUT2D eigenvalue weighted by molar-refractivity contribution is 5.97. The monoisotopic (exact) mass is 261 g/mol. The molecule has 1 aromatic carbocycles. The van der Waals surface area contributed by atoms with E-state index in [9.17, 15) is 9.59 Å². The largest absolute Gasteiger partial charge is 0.399 e. The standard InChI is InChI=1S/C14H19N3O2/c1-16-13(18)3-2-7-17-8-6-10-4-5-11(15)9-12(10)14(17)19/h4-5,9H,2-3,6-8,15H2,1H3,(H,16,18). The van der Waals surface area contributed by atoms with E-state index in [2.05, 4.69) is 5.32 Å². The lowest BCUT2D eigenvalue weighted by Crippen LogP contribution is -2.38. The van der Waals surface area contributed by atoms with Crippen molar-refractivity contribution in [3.8, 4) is 0 Å². The van der Waals surface area contributed by atoms with Gasteiger partial charge in [-0.2, -0.15) is 0 Å². The molecular formula is C14H19N3O2. The fraction of sp³-hybridized carbons (Fsp3) is 0.429. The molecule has 0 saturated heterocycles. The summed E-state index contributed by atoms with van der Waals surface area (Å²) >= 11 is 0. The molecule has 2 amide bonds. The number of hydrogen-bond donors (Lipinski definition) is 2. The highest BCUT2D eigenvalue weighted by atomic mass is 16.2. The smallest absolute Gasteiger partial charge is 0.254 e. The Morgan fingerprint density at radius 2 is 2.26 bits per heavy atom. The van der Waals surface area contributed by atoms with Crippen molar-refractivity contribution in [2.45, 2.75) is 19.3 Å². The van der Waals surface area contributed by atoms with Crippen LogP contribution in [0.4, 0.5) is 5.69 Å². The number of nitrogens with one attached hydrogen (secondary N) is 1. The molecule has 102 valence electrons. The Bertz CT molecular complexity index is 499. The number of benzene rings is 1. The van der Waals surface area contributed by atoms with Crippen molar-refractivity contribution in [2.24, 2.45) is 0 Å². The number of nitrogens with two attached hydrogens (primary N) is 1. The Hall–Kier alpha value is -2.04. The first-order valence-electron chi connectivity index (χ1n) is 6.50. The molecule has 0 aromatic heterocycles. The first kappa shape index (κ1) is 13.4. The highest BCUT2D eigenvalue weighted by Gasteiger charge is 2.23. The lowest BCUT2D eigenvalue weighted by Gasteiger charge is -2.28. The van der Waals surface area contributed by atoms with Gasteiger partial charge in [0, 0.05) is 37.8 Å². The molecule has 0 fully saturated rings. The molecule has 0 unspecified atom stereocenters. The number of nitrogen functional groups attached to an aromatic ring is 1. The van der Waals surface area contributed by atoms with Crippen LogP contribution < -0.4 is 11.1 Å². The van der Waals surface area contributed by atoms with Gasteiger partial charge in [-0.15, -0.1) is 0 Å². The van der Waals surface area contributed by atoms with Crippen LogP contribution in [0.2, 0.25) is 0 Å². The first-order valence-corrected chi connectivity index (χ1v) is 6.50. The fourth-order valence-corrected chi connectivity index (χ4v) is 2.31. The second-order valence-corrected chi connectivity index (χ2v) is 4.74. The summed E-state index contributed by atoms with van der Waals surface area (Å²) in [5, 5.41) is 2.58. The van der Waals surface area contributed by atoms with Crippen LogP contribution in [0, 0.1) is 0 Å². The first-order chi connectivity index (χ1) is 9.11. The van der Waals surface area contributed by atoms with Gasteiger partial charge in [-0.3, -0.25) is 9.59 Å². The Morgan fingerprint density at radius 3 is 3.00 bits per heavy atom. The molecule has 5 nitrogen and oxygen atoms in total. The molecular weight excluding hydrogens is 242 g/mol. The van der Waals surface area contributed by atoms with Crippen molar-refractivity contribution in [3.63, 3.8) is 0 Å². The minimum atomic E-state index is 0.00843. The van der Waals surface area contributed by atoms with Gasteiger partial charge >= 0.3 is 0 Å². The lowest BCUT2D eigenvalue weighted by atomic mass is 9.98. The fourth-order valence-electron chi connectivity index (χ4n) is 2.31. The Kier molecular flexibility index (Phi) is 4.04. The zero-order valence-electron chi connectivity index (χ0n) is 11.1. The third-order valence-corrected chi connectivity index (χ3v) is 3.41. The maximum Gasteiger partial charge on any atom is 0.254 e. The summed E-state index contributed by atoms with van der Waals surface area (Å²) < 4.78 is 0. The van der Waals surface area contributed by atoms with E-state index >= 15 is 0 Å². The number of rotatable bonds is 4. The molecule has 1 aliphatic rings. The molecule has 1 aromatic rings. The zero-order valence-corrected chi connectivity index (χ0v) is 11.1. The van der Waals surface area contributed by atoms with Gasteiger partial charge in [-0.05, 0) is 30.5 Å². The van der Waals surface area contributed by atoms with Crippen molar-refractivity contribution >= 4 is 17.5 Å². The van der Waals surface area contributed by atoms with Crippen LogP contribution in [-0.4, -0.2) is 36.9 Å². The average molecular weight is 261 g/mol. The van der Waals surface area contributed by atoms with Gasteiger partial charge in [0.2, 0.25) is 5.91 Å². The predicted molar refractivity (Wildman–Crippen MR) is 73.8 cm³/mol. The molecule has 19 heavy (non-hydrogen) atoms. The van der Waals surface area contributed by atoms with Crippen LogP contribution in [0.3, 0.4) is 0 Å². The summed E-state index contributed by atoms with van der Waals surface area (Å²) in [6, 6.07) is 5.49. The van der Waals surface area contributed by atoms with E-state index in [1.54, 1.807) is 18.0 Å². The van der Waals surface area contributed by atoms with Crippen molar-refractivity contribution in [2.75, 3.05) is 25.9 Å². The summed E-state index contributed by atoms with van der Waals surface area (Å²) in [6.45, 7) is 1.32. The van der Waals surface area contributed by atoms with E-state index in [0.717, 1.165) is 12.0 Å². The number of carbonyl (C=O) groups is 2. The van der Waals surface area contributed by atoms with E-state index in [4.69, 9.17) is 5.73 Å². The summed E-state index contributed by atoms with van der Waals surface area (Å²) in [5.41, 5.74) is 8.09. The molecule has 0 saturated carbocycles. The van der Waals surface area contributed by atoms with E-state index in [1.807, 2.05) is 12.1 Å². The van der Waals surface area contributed by atoms with E-state index in [1.165, 1.54) is 0 Å². The molecule has 5 heteroatoms. The highest BCUT2D eigenvalue weighted by Crippen LogP contribution is 2.21. The van der Waals surface area contributed by atoms with Crippen molar-refractivity contribution in [3.05, 3.63) is 29.3 Å². The number of amides is 2. The van der Waals surface area contributed by atoms with Gasteiger partial charge in [0.1, 0.15) is 0 Å². The van der Waals surface area contributed by atoms with Crippen molar-refractivity contribution in [1.29, 1.82) is 0 Å². The second-order valence-electron chi connectivity index (χ2n) is 4.74. The zero-order chi connectivity index (χ0) is 13.8. The van der Waals surface area contributed by atoms with E-state index in [0.29, 0.717) is 37.2 Å². The van der Waals surface area contributed by atoms with Crippen LogP contribution in [0.25, 0.3) is 0 Å². The Labute approximate surface area is 112 Å². The normalized spacial score (nSPS) is 14.2. The Balaban J connectivity index is 1.99. The van der Waals surface area contributed by atoms with Crippen LogP contribution in [0.1, 0.15) is 28.8 Å². The quantitative estimate of drug-likeness (QED) is 0.787. The summed E-state index contributed by atoms with van der Waals surface area (Å²) in [7, 11) is 1.62. The molecule has 0 spiro atoms. The molecule has 0 atom stereocenters. The third kappa shape index (κ3) is 3.05. The van der Waals surface area contributed by atoms with E-state index in [-0.39, 0.29) is 11.8 Å².